The number of nitrogens with one attached hydrogen (secondary N) is 1. The molecule has 1 aliphatic rings. The maximum absolute atomic E-state index is 5.78. The fourth-order valence-corrected chi connectivity index (χ4v) is 2.75. The van der Waals surface area contributed by atoms with Gasteiger partial charge in [-0.2, -0.15) is 0 Å². The lowest BCUT2D eigenvalue weighted by Gasteiger charge is -2.32. The summed E-state index contributed by atoms with van der Waals surface area (Å²) in [5.74, 6) is 0. The van der Waals surface area contributed by atoms with Crippen molar-refractivity contribution >= 4 is 0 Å². The van der Waals surface area contributed by atoms with Crippen molar-refractivity contribution in [3.05, 3.63) is 34.9 Å². The number of hydrogen-bond acceptors (Lipinski definition) is 3. The quantitative estimate of drug-likeness (QED) is 0.901. The molecule has 0 aliphatic carbocycles. The molecule has 1 N–H and O–H groups in total. The molecule has 0 bridgehead atoms. The molecule has 2 atom stereocenters. The van der Waals surface area contributed by atoms with Crippen LogP contribution in [0.15, 0.2) is 18.2 Å². The zero-order chi connectivity index (χ0) is 13.8. The second kappa shape index (κ2) is 6.51. The number of benzene rings is 1. The molecule has 0 aromatic heterocycles. The number of morpholine rings is 1. The van der Waals surface area contributed by atoms with Crippen LogP contribution in [-0.2, 0) is 4.74 Å². The van der Waals surface area contributed by atoms with Gasteiger partial charge in [0.1, 0.15) is 0 Å². The highest BCUT2D eigenvalue weighted by Crippen LogP contribution is 2.23. The number of aryl methyl sites for hydroxylation is 2. The molecule has 3 heteroatoms. The lowest BCUT2D eigenvalue weighted by molar-refractivity contribution is 0.00389. The third-order valence-electron chi connectivity index (χ3n) is 4.03. The molecular formula is C16H26N2O. The fraction of sp³-hybridized carbons (Fsp3) is 0.625. The zero-order valence-corrected chi connectivity index (χ0v) is 12.6. The van der Waals surface area contributed by atoms with Crippen molar-refractivity contribution in [2.45, 2.75) is 32.9 Å². The molecule has 2 unspecified atom stereocenters. The number of ether oxygens (including phenoxy) is 1. The zero-order valence-electron chi connectivity index (χ0n) is 12.6. The summed E-state index contributed by atoms with van der Waals surface area (Å²) >= 11 is 0. The van der Waals surface area contributed by atoms with Crippen molar-refractivity contribution < 1.29 is 4.74 Å². The summed E-state index contributed by atoms with van der Waals surface area (Å²) in [4.78, 5) is 2.38. The first kappa shape index (κ1) is 14.5. The molecule has 3 nitrogen and oxygen atoms in total. The third-order valence-corrected chi connectivity index (χ3v) is 4.03. The van der Waals surface area contributed by atoms with Gasteiger partial charge in [0.05, 0.1) is 12.7 Å². The van der Waals surface area contributed by atoms with Gasteiger partial charge < -0.3 is 10.1 Å². The summed E-state index contributed by atoms with van der Waals surface area (Å²) in [6.45, 7) is 10.4. The highest BCUT2D eigenvalue weighted by Gasteiger charge is 2.20. The minimum Gasteiger partial charge on any atom is -0.374 e. The maximum atomic E-state index is 5.78. The highest BCUT2D eigenvalue weighted by molar-refractivity contribution is 5.32. The van der Waals surface area contributed by atoms with Gasteiger partial charge in [0, 0.05) is 25.7 Å². The van der Waals surface area contributed by atoms with Gasteiger partial charge in [-0.15, -0.1) is 0 Å². The van der Waals surface area contributed by atoms with Crippen molar-refractivity contribution in [1.29, 1.82) is 0 Å². The Morgan fingerprint density at radius 1 is 1.42 bits per heavy atom. The molecule has 0 saturated carbocycles. The summed E-state index contributed by atoms with van der Waals surface area (Å²) < 4.78 is 5.78. The molecule has 1 saturated heterocycles. The number of hydrogen-bond donors (Lipinski definition) is 1. The Kier molecular flexibility index (Phi) is 4.97. The summed E-state index contributed by atoms with van der Waals surface area (Å²) in [6, 6.07) is 7.14. The molecule has 1 aromatic carbocycles. The standard InChI is InChI=1S/C16H26N2O/c1-12-5-6-16(13(2)9-12)14(3)18(4)11-15-10-17-7-8-19-15/h5-6,9,14-15,17H,7-8,10-11H2,1-4H3. The normalized spacial score (nSPS) is 21.6. The monoisotopic (exact) mass is 262 g/mol. The topological polar surface area (TPSA) is 24.5 Å². The van der Waals surface area contributed by atoms with Crippen LogP contribution in [0.2, 0.25) is 0 Å². The molecule has 0 amide bonds. The summed E-state index contributed by atoms with van der Waals surface area (Å²) in [6.07, 6.45) is 0.312. The first-order valence-electron chi connectivity index (χ1n) is 7.17. The Hall–Kier alpha value is -0.900. The largest absolute Gasteiger partial charge is 0.374 e. The van der Waals surface area contributed by atoms with Gasteiger partial charge in [-0.1, -0.05) is 23.8 Å². The van der Waals surface area contributed by atoms with E-state index in [1.54, 1.807) is 0 Å². The number of likely N-dealkylation sites (N-methyl/N-ethyl adjacent to an activating group) is 1. The lowest BCUT2D eigenvalue weighted by atomic mass is 9.99. The minimum atomic E-state index is 0.312. The Balaban J connectivity index is 1.99. The molecule has 19 heavy (non-hydrogen) atoms. The van der Waals surface area contributed by atoms with Crippen LogP contribution in [0, 0.1) is 13.8 Å². The van der Waals surface area contributed by atoms with Crippen LogP contribution in [0.1, 0.15) is 29.7 Å². The van der Waals surface area contributed by atoms with Crippen LogP contribution in [0.3, 0.4) is 0 Å². The summed E-state index contributed by atoms with van der Waals surface area (Å²) in [5.41, 5.74) is 4.12. The molecule has 1 aliphatic heterocycles. The molecule has 0 radical (unpaired) electrons. The third kappa shape index (κ3) is 3.78. The van der Waals surface area contributed by atoms with E-state index in [0.29, 0.717) is 12.1 Å². The van der Waals surface area contributed by atoms with E-state index in [9.17, 15) is 0 Å². The first-order valence-corrected chi connectivity index (χ1v) is 7.17. The molecular weight excluding hydrogens is 236 g/mol. The Bertz CT molecular complexity index is 413. The van der Waals surface area contributed by atoms with Gasteiger partial charge in [0.2, 0.25) is 0 Å². The molecule has 0 spiro atoms. The van der Waals surface area contributed by atoms with E-state index in [2.05, 4.69) is 56.2 Å². The predicted octanol–water partition coefficient (Wildman–Crippen LogP) is 2.28. The van der Waals surface area contributed by atoms with Gasteiger partial charge in [0.25, 0.3) is 0 Å². The smallest absolute Gasteiger partial charge is 0.0826 e. The van der Waals surface area contributed by atoms with Gasteiger partial charge in [0.15, 0.2) is 0 Å². The molecule has 1 fully saturated rings. The van der Waals surface area contributed by atoms with Crippen molar-refractivity contribution in [3.8, 4) is 0 Å². The number of rotatable bonds is 4. The van der Waals surface area contributed by atoms with Crippen LogP contribution in [-0.4, -0.2) is 44.3 Å². The average Bonchev–Trinajstić information content (AvgIpc) is 2.39. The Morgan fingerprint density at radius 2 is 2.21 bits per heavy atom. The molecule has 2 rings (SSSR count). The first-order chi connectivity index (χ1) is 9.08. The second-order valence-electron chi connectivity index (χ2n) is 5.67. The Morgan fingerprint density at radius 3 is 2.84 bits per heavy atom. The van der Waals surface area contributed by atoms with E-state index in [1.165, 1.54) is 16.7 Å². The van der Waals surface area contributed by atoms with E-state index >= 15 is 0 Å². The second-order valence-corrected chi connectivity index (χ2v) is 5.67. The van der Waals surface area contributed by atoms with E-state index in [0.717, 1.165) is 26.2 Å². The minimum absolute atomic E-state index is 0.312. The SMILES string of the molecule is Cc1ccc(C(C)N(C)CC2CNCCO2)c(C)c1. The van der Waals surface area contributed by atoms with Crippen molar-refractivity contribution in [2.75, 3.05) is 33.3 Å². The van der Waals surface area contributed by atoms with Gasteiger partial charge >= 0.3 is 0 Å². The summed E-state index contributed by atoms with van der Waals surface area (Å²) in [5, 5.41) is 3.39. The highest BCUT2D eigenvalue weighted by atomic mass is 16.5. The van der Waals surface area contributed by atoms with E-state index in [4.69, 9.17) is 4.74 Å². The fourth-order valence-electron chi connectivity index (χ4n) is 2.75. The van der Waals surface area contributed by atoms with E-state index < -0.39 is 0 Å². The molecule has 1 aromatic rings. The van der Waals surface area contributed by atoms with Gasteiger partial charge in [-0.25, -0.2) is 0 Å². The van der Waals surface area contributed by atoms with Crippen LogP contribution in [0.4, 0.5) is 0 Å². The molecule has 106 valence electrons. The van der Waals surface area contributed by atoms with Crippen LogP contribution in [0.25, 0.3) is 0 Å². The maximum Gasteiger partial charge on any atom is 0.0826 e. The molecule has 1 heterocycles. The van der Waals surface area contributed by atoms with E-state index in [-0.39, 0.29) is 0 Å². The summed E-state index contributed by atoms with van der Waals surface area (Å²) in [7, 11) is 2.18. The van der Waals surface area contributed by atoms with Crippen molar-refractivity contribution in [3.63, 3.8) is 0 Å². The van der Waals surface area contributed by atoms with Gasteiger partial charge in [-0.3, -0.25) is 4.90 Å². The van der Waals surface area contributed by atoms with Gasteiger partial charge in [-0.05, 0) is 38.9 Å². The van der Waals surface area contributed by atoms with E-state index in [1.807, 2.05) is 0 Å². The Labute approximate surface area is 116 Å². The van der Waals surface area contributed by atoms with Crippen LogP contribution < -0.4 is 5.32 Å². The predicted molar refractivity (Wildman–Crippen MR) is 79.6 cm³/mol. The van der Waals surface area contributed by atoms with Crippen molar-refractivity contribution in [2.24, 2.45) is 0 Å². The average molecular weight is 262 g/mol. The number of nitrogens with zero attached hydrogens (tertiary/aromatic N) is 1. The van der Waals surface area contributed by atoms with Crippen molar-refractivity contribution in [1.82, 2.24) is 10.2 Å². The lowest BCUT2D eigenvalue weighted by Crippen LogP contribution is -2.44. The van der Waals surface area contributed by atoms with Crippen LogP contribution >= 0.6 is 0 Å². The van der Waals surface area contributed by atoms with Crippen LogP contribution in [0.5, 0.6) is 0 Å².